The van der Waals surface area contributed by atoms with E-state index < -0.39 is 6.04 Å². The Morgan fingerprint density at radius 2 is 1.68 bits per heavy atom. The maximum absolute atomic E-state index is 13.4. The molecule has 1 saturated carbocycles. The van der Waals surface area contributed by atoms with Crippen molar-refractivity contribution in [1.29, 1.82) is 0 Å². The van der Waals surface area contributed by atoms with E-state index in [1.807, 2.05) is 61.5 Å². The first-order chi connectivity index (χ1) is 15.1. The van der Waals surface area contributed by atoms with Gasteiger partial charge >= 0.3 is 0 Å². The van der Waals surface area contributed by atoms with Crippen molar-refractivity contribution in [3.8, 4) is 5.75 Å². The minimum absolute atomic E-state index is 0.0346. The van der Waals surface area contributed by atoms with Gasteiger partial charge in [0.15, 0.2) is 0 Å². The highest BCUT2D eigenvalue weighted by molar-refractivity contribution is 5.88. The molecule has 2 aromatic rings. The molecule has 166 valence electrons. The second-order valence-electron chi connectivity index (χ2n) is 8.30. The first-order valence-electron chi connectivity index (χ1n) is 11.4. The number of hydrogen-bond donors (Lipinski definition) is 1. The van der Waals surface area contributed by atoms with E-state index in [0.717, 1.165) is 42.6 Å². The summed E-state index contributed by atoms with van der Waals surface area (Å²) >= 11 is 0. The Labute approximate surface area is 185 Å². The van der Waals surface area contributed by atoms with E-state index in [-0.39, 0.29) is 24.3 Å². The summed E-state index contributed by atoms with van der Waals surface area (Å²) in [5, 5.41) is 3.22. The summed E-state index contributed by atoms with van der Waals surface area (Å²) in [6, 6.07) is 17.1. The van der Waals surface area contributed by atoms with E-state index in [9.17, 15) is 9.59 Å². The molecule has 3 rings (SSSR count). The highest BCUT2D eigenvalue weighted by Crippen LogP contribution is 2.20. The molecule has 1 fully saturated rings. The van der Waals surface area contributed by atoms with Gasteiger partial charge in [0, 0.05) is 12.6 Å². The topological polar surface area (TPSA) is 58.6 Å². The van der Waals surface area contributed by atoms with Crippen molar-refractivity contribution in [2.45, 2.75) is 70.5 Å². The zero-order valence-corrected chi connectivity index (χ0v) is 18.7. The van der Waals surface area contributed by atoms with Crippen LogP contribution >= 0.6 is 0 Å². The molecule has 0 unspecified atom stereocenters. The Bertz CT molecular complexity index is 829. The predicted octanol–water partition coefficient (Wildman–Crippen LogP) is 4.49. The Morgan fingerprint density at radius 1 is 1.00 bits per heavy atom. The van der Waals surface area contributed by atoms with Crippen molar-refractivity contribution < 1.29 is 14.3 Å². The van der Waals surface area contributed by atoms with Gasteiger partial charge in [-0.15, -0.1) is 0 Å². The van der Waals surface area contributed by atoms with Gasteiger partial charge in [0.2, 0.25) is 11.8 Å². The van der Waals surface area contributed by atoms with E-state index in [4.69, 9.17) is 4.74 Å². The van der Waals surface area contributed by atoms with Crippen LogP contribution in [0.3, 0.4) is 0 Å². The third-order valence-electron chi connectivity index (χ3n) is 6.05. The summed E-state index contributed by atoms with van der Waals surface area (Å²) in [6.07, 6.45) is 6.47. The highest BCUT2D eigenvalue weighted by Gasteiger charge is 2.30. The summed E-state index contributed by atoms with van der Waals surface area (Å²) in [4.78, 5) is 28.3. The van der Waals surface area contributed by atoms with Crippen molar-refractivity contribution in [2.75, 3.05) is 7.11 Å². The van der Waals surface area contributed by atoms with E-state index in [0.29, 0.717) is 13.0 Å². The van der Waals surface area contributed by atoms with Crippen LogP contribution in [0.15, 0.2) is 54.6 Å². The van der Waals surface area contributed by atoms with Crippen molar-refractivity contribution in [2.24, 2.45) is 0 Å². The van der Waals surface area contributed by atoms with Crippen LogP contribution in [0.4, 0.5) is 0 Å². The average Bonchev–Trinajstić information content (AvgIpc) is 2.80. The molecule has 1 atom stereocenters. The normalized spacial score (nSPS) is 15.2. The fourth-order valence-electron chi connectivity index (χ4n) is 4.26. The highest BCUT2D eigenvalue weighted by atomic mass is 16.5. The van der Waals surface area contributed by atoms with Gasteiger partial charge < -0.3 is 15.0 Å². The molecular weight excluding hydrogens is 388 g/mol. The second kappa shape index (κ2) is 11.5. The lowest BCUT2D eigenvalue weighted by Crippen LogP contribution is -2.51. The molecule has 0 radical (unpaired) electrons. The summed E-state index contributed by atoms with van der Waals surface area (Å²) < 4.78 is 5.25. The van der Waals surface area contributed by atoms with Gasteiger partial charge in [-0.25, -0.2) is 0 Å². The van der Waals surface area contributed by atoms with E-state index >= 15 is 0 Å². The smallest absolute Gasteiger partial charge is 0.243 e. The lowest BCUT2D eigenvalue weighted by molar-refractivity contribution is -0.141. The predicted molar refractivity (Wildman–Crippen MR) is 123 cm³/mol. The molecule has 0 heterocycles. The molecule has 0 saturated heterocycles. The Hall–Kier alpha value is -2.82. The molecule has 1 N–H and O–H groups in total. The maximum Gasteiger partial charge on any atom is 0.243 e. The largest absolute Gasteiger partial charge is 0.497 e. The van der Waals surface area contributed by atoms with Crippen LogP contribution in [-0.4, -0.2) is 35.9 Å². The molecule has 5 heteroatoms. The molecular formula is C26H34N2O3. The van der Waals surface area contributed by atoms with Crippen LogP contribution in [0.5, 0.6) is 5.75 Å². The second-order valence-corrected chi connectivity index (χ2v) is 8.30. The van der Waals surface area contributed by atoms with Crippen LogP contribution < -0.4 is 10.1 Å². The third kappa shape index (κ3) is 6.58. The number of methoxy groups -OCH3 is 1. The standard InChI is InChI=1S/C26H34N2O3/c1-3-24(26(30)27-22-12-8-5-9-13-22)28(19-21-14-16-23(31-2)17-15-21)25(29)18-20-10-6-4-7-11-20/h4,6-7,10-11,14-17,22,24H,3,5,8-9,12-13,18-19H2,1-2H3,(H,27,30)/t24-/m0/s1. The molecule has 2 aromatic carbocycles. The number of amides is 2. The van der Waals surface area contributed by atoms with Crippen molar-refractivity contribution in [1.82, 2.24) is 10.2 Å². The molecule has 2 amide bonds. The maximum atomic E-state index is 13.4. The number of carbonyl (C=O) groups is 2. The van der Waals surface area contributed by atoms with Gasteiger partial charge in [-0.05, 0) is 42.5 Å². The number of nitrogens with one attached hydrogen (secondary N) is 1. The average molecular weight is 423 g/mol. The fourth-order valence-corrected chi connectivity index (χ4v) is 4.26. The van der Waals surface area contributed by atoms with Crippen molar-refractivity contribution >= 4 is 11.8 Å². The van der Waals surface area contributed by atoms with Gasteiger partial charge in [0.25, 0.3) is 0 Å². The molecule has 0 spiro atoms. The number of ether oxygens (including phenoxy) is 1. The molecule has 1 aliphatic rings. The van der Waals surface area contributed by atoms with Gasteiger partial charge in [-0.2, -0.15) is 0 Å². The number of carbonyl (C=O) groups excluding carboxylic acids is 2. The lowest BCUT2D eigenvalue weighted by Gasteiger charge is -2.33. The van der Waals surface area contributed by atoms with E-state index in [2.05, 4.69) is 5.32 Å². The first kappa shape index (κ1) is 22.9. The molecule has 1 aliphatic carbocycles. The van der Waals surface area contributed by atoms with Crippen LogP contribution in [0, 0.1) is 0 Å². The summed E-state index contributed by atoms with van der Waals surface area (Å²) in [6.45, 7) is 2.37. The summed E-state index contributed by atoms with van der Waals surface area (Å²) in [5.74, 6) is 0.699. The van der Waals surface area contributed by atoms with Gasteiger partial charge in [0.05, 0.1) is 13.5 Å². The third-order valence-corrected chi connectivity index (χ3v) is 6.05. The fraction of sp³-hybridized carbons (Fsp3) is 0.462. The minimum atomic E-state index is -0.486. The van der Waals surface area contributed by atoms with E-state index in [1.54, 1.807) is 12.0 Å². The van der Waals surface area contributed by atoms with Crippen LogP contribution in [-0.2, 0) is 22.6 Å². The monoisotopic (exact) mass is 422 g/mol. The van der Waals surface area contributed by atoms with Crippen LogP contribution in [0.1, 0.15) is 56.6 Å². The number of benzene rings is 2. The van der Waals surface area contributed by atoms with Gasteiger partial charge in [0.1, 0.15) is 11.8 Å². The summed E-state index contributed by atoms with van der Waals surface area (Å²) in [5.41, 5.74) is 1.93. The Kier molecular flexibility index (Phi) is 8.51. The summed E-state index contributed by atoms with van der Waals surface area (Å²) in [7, 11) is 1.63. The Balaban J connectivity index is 1.78. The quantitative estimate of drug-likeness (QED) is 0.648. The van der Waals surface area contributed by atoms with E-state index in [1.165, 1.54) is 6.42 Å². The molecule has 0 aliphatic heterocycles. The Morgan fingerprint density at radius 3 is 2.29 bits per heavy atom. The number of nitrogens with zero attached hydrogens (tertiary/aromatic N) is 1. The SMILES string of the molecule is CC[C@@H](C(=O)NC1CCCCC1)N(Cc1ccc(OC)cc1)C(=O)Cc1ccccc1. The molecule has 5 nitrogen and oxygen atoms in total. The van der Waals surface area contributed by atoms with Gasteiger partial charge in [-0.3, -0.25) is 9.59 Å². The number of rotatable bonds is 9. The lowest BCUT2D eigenvalue weighted by atomic mass is 9.95. The van der Waals surface area contributed by atoms with Crippen LogP contribution in [0.2, 0.25) is 0 Å². The molecule has 0 aromatic heterocycles. The van der Waals surface area contributed by atoms with Crippen molar-refractivity contribution in [3.63, 3.8) is 0 Å². The molecule has 31 heavy (non-hydrogen) atoms. The number of hydrogen-bond acceptors (Lipinski definition) is 3. The first-order valence-corrected chi connectivity index (χ1v) is 11.4. The zero-order valence-electron chi connectivity index (χ0n) is 18.7. The zero-order chi connectivity index (χ0) is 22.1. The minimum Gasteiger partial charge on any atom is -0.497 e. The van der Waals surface area contributed by atoms with Gasteiger partial charge in [-0.1, -0.05) is 68.7 Å². The van der Waals surface area contributed by atoms with Crippen LogP contribution in [0.25, 0.3) is 0 Å². The van der Waals surface area contributed by atoms with Crippen molar-refractivity contribution in [3.05, 3.63) is 65.7 Å². The molecule has 0 bridgehead atoms.